The first kappa shape index (κ1) is 20.9. The van der Waals surface area contributed by atoms with Crippen molar-refractivity contribution in [2.45, 2.75) is 19.7 Å². The van der Waals surface area contributed by atoms with Gasteiger partial charge in [0.25, 0.3) is 0 Å². The van der Waals surface area contributed by atoms with Crippen LogP contribution in [0.5, 0.6) is 0 Å². The molecule has 0 aliphatic heterocycles. The van der Waals surface area contributed by atoms with Gasteiger partial charge in [0.15, 0.2) is 5.96 Å². The third-order valence-corrected chi connectivity index (χ3v) is 3.93. The third-order valence-electron chi connectivity index (χ3n) is 3.93. The van der Waals surface area contributed by atoms with Gasteiger partial charge in [-0.1, -0.05) is 36.4 Å². The molecule has 0 unspecified atom stereocenters. The average Bonchev–Trinajstić information content (AvgIpc) is 2.66. The second kappa shape index (κ2) is 11.3. The molecule has 0 saturated carbocycles. The van der Waals surface area contributed by atoms with Crippen LogP contribution in [0.4, 0.5) is 4.39 Å². The zero-order valence-corrected chi connectivity index (χ0v) is 16.3. The summed E-state index contributed by atoms with van der Waals surface area (Å²) in [6.07, 6.45) is 0. The molecule has 0 bridgehead atoms. The van der Waals surface area contributed by atoms with Gasteiger partial charge in [0, 0.05) is 32.2 Å². The molecule has 0 saturated heterocycles. The van der Waals surface area contributed by atoms with E-state index in [0.717, 1.165) is 11.1 Å². The highest BCUT2D eigenvalue weighted by Gasteiger charge is 2.06. The molecule has 2 aromatic rings. The quantitative estimate of drug-likeness (QED) is 0.404. The van der Waals surface area contributed by atoms with Crippen LogP contribution >= 0.6 is 0 Å². The Morgan fingerprint density at radius 2 is 1.85 bits per heavy atom. The van der Waals surface area contributed by atoms with E-state index in [9.17, 15) is 4.39 Å². The first-order valence-corrected chi connectivity index (χ1v) is 9.06. The van der Waals surface area contributed by atoms with Crippen LogP contribution in [-0.2, 0) is 24.4 Å². The number of nitrogens with zero attached hydrogens (tertiary/aromatic N) is 2. The Morgan fingerprint density at radius 1 is 1.07 bits per heavy atom. The fraction of sp³-hybridized carbons (Fsp3) is 0.381. The summed E-state index contributed by atoms with van der Waals surface area (Å²) >= 11 is 0. The third kappa shape index (κ3) is 7.76. The summed E-state index contributed by atoms with van der Waals surface area (Å²) in [5.41, 5.74) is 2.86. The van der Waals surface area contributed by atoms with Crippen LogP contribution in [0.25, 0.3) is 0 Å². The van der Waals surface area contributed by atoms with E-state index < -0.39 is 0 Å². The van der Waals surface area contributed by atoms with E-state index >= 15 is 0 Å². The molecule has 2 rings (SSSR count). The Bertz CT molecular complexity index is 719. The molecule has 6 heteroatoms. The highest BCUT2D eigenvalue weighted by Crippen LogP contribution is 2.12. The molecular weight excluding hydrogens is 343 g/mol. The maximum absolute atomic E-state index is 13.9. The van der Waals surface area contributed by atoms with Gasteiger partial charge >= 0.3 is 0 Å². The lowest BCUT2D eigenvalue weighted by Gasteiger charge is -2.14. The first-order chi connectivity index (χ1) is 13.1. The van der Waals surface area contributed by atoms with Gasteiger partial charge in [-0.2, -0.15) is 0 Å². The van der Waals surface area contributed by atoms with Crippen molar-refractivity contribution in [3.8, 4) is 0 Å². The molecular formula is C21H29FN4O. The molecule has 0 amide bonds. The van der Waals surface area contributed by atoms with Crippen LogP contribution < -0.4 is 10.6 Å². The van der Waals surface area contributed by atoms with Crippen molar-refractivity contribution in [2.24, 2.45) is 4.99 Å². The number of nitrogens with one attached hydrogen (secondary N) is 2. The molecule has 27 heavy (non-hydrogen) atoms. The van der Waals surface area contributed by atoms with Gasteiger partial charge in [-0.25, -0.2) is 4.39 Å². The molecule has 0 aliphatic rings. The van der Waals surface area contributed by atoms with Crippen LogP contribution in [0.3, 0.4) is 0 Å². The molecule has 0 spiro atoms. The van der Waals surface area contributed by atoms with Crippen molar-refractivity contribution < 1.29 is 9.13 Å². The lowest BCUT2D eigenvalue weighted by molar-refractivity contribution is 0.125. The predicted molar refractivity (Wildman–Crippen MR) is 108 cm³/mol. The molecule has 0 radical (unpaired) electrons. The van der Waals surface area contributed by atoms with E-state index in [1.54, 1.807) is 13.1 Å². The number of hydrogen-bond acceptors (Lipinski definition) is 3. The summed E-state index contributed by atoms with van der Waals surface area (Å²) < 4.78 is 19.5. The minimum atomic E-state index is -0.175. The minimum Gasteiger partial charge on any atom is -0.375 e. The predicted octanol–water partition coefficient (Wildman–Crippen LogP) is 2.77. The second-order valence-electron chi connectivity index (χ2n) is 6.55. The van der Waals surface area contributed by atoms with E-state index in [1.165, 1.54) is 6.07 Å². The number of rotatable bonds is 9. The van der Waals surface area contributed by atoms with Crippen LogP contribution in [-0.4, -0.2) is 45.2 Å². The van der Waals surface area contributed by atoms with Crippen LogP contribution in [0.2, 0.25) is 0 Å². The highest BCUT2D eigenvalue weighted by molar-refractivity contribution is 5.79. The zero-order valence-electron chi connectivity index (χ0n) is 16.3. The largest absolute Gasteiger partial charge is 0.375 e. The summed E-state index contributed by atoms with van der Waals surface area (Å²) in [5, 5.41) is 6.46. The molecule has 2 N–H and O–H groups in total. The maximum Gasteiger partial charge on any atom is 0.191 e. The molecule has 2 aromatic carbocycles. The van der Waals surface area contributed by atoms with Gasteiger partial charge in [0.1, 0.15) is 5.82 Å². The molecule has 0 atom stereocenters. The van der Waals surface area contributed by atoms with Crippen molar-refractivity contribution in [1.29, 1.82) is 0 Å². The van der Waals surface area contributed by atoms with Gasteiger partial charge in [-0.3, -0.25) is 4.99 Å². The van der Waals surface area contributed by atoms with E-state index in [0.29, 0.717) is 44.4 Å². The number of halogens is 1. The lowest BCUT2D eigenvalue weighted by atomic mass is 10.1. The van der Waals surface area contributed by atoms with Gasteiger partial charge in [0.05, 0.1) is 13.2 Å². The normalized spacial score (nSPS) is 11.7. The Hall–Kier alpha value is -2.44. The Balaban J connectivity index is 1.72. The van der Waals surface area contributed by atoms with E-state index in [4.69, 9.17) is 4.74 Å². The number of aliphatic imine (C=N–C) groups is 1. The van der Waals surface area contributed by atoms with Crippen molar-refractivity contribution in [3.63, 3.8) is 0 Å². The smallest absolute Gasteiger partial charge is 0.191 e. The van der Waals surface area contributed by atoms with E-state index in [1.807, 2.05) is 55.4 Å². The van der Waals surface area contributed by atoms with Gasteiger partial charge in [-0.15, -0.1) is 0 Å². The van der Waals surface area contributed by atoms with Gasteiger partial charge < -0.3 is 20.3 Å². The first-order valence-electron chi connectivity index (χ1n) is 9.06. The SMILES string of the molecule is CN=C(NCCOCc1ccccc1)NCc1ccc(F)c(CN(C)C)c1. The molecule has 5 nitrogen and oxygen atoms in total. The summed E-state index contributed by atoms with van der Waals surface area (Å²) in [6, 6.07) is 15.3. The molecule has 146 valence electrons. The topological polar surface area (TPSA) is 48.9 Å². The fourth-order valence-electron chi connectivity index (χ4n) is 2.61. The van der Waals surface area contributed by atoms with Gasteiger partial charge in [0.2, 0.25) is 0 Å². The molecule has 0 heterocycles. The van der Waals surface area contributed by atoms with Crippen LogP contribution in [0.15, 0.2) is 53.5 Å². The standard InChI is InChI=1S/C21H29FN4O/c1-23-21(24-11-12-27-16-17-7-5-4-6-8-17)25-14-18-9-10-20(22)19(13-18)15-26(2)3/h4-10,13H,11-12,14-16H2,1-3H3,(H2,23,24,25). The minimum absolute atomic E-state index is 0.175. The molecule has 0 fully saturated rings. The van der Waals surface area contributed by atoms with Crippen LogP contribution in [0.1, 0.15) is 16.7 Å². The maximum atomic E-state index is 13.9. The van der Waals surface area contributed by atoms with Crippen LogP contribution in [0, 0.1) is 5.82 Å². The lowest BCUT2D eigenvalue weighted by Crippen LogP contribution is -2.38. The van der Waals surface area contributed by atoms with Crippen molar-refractivity contribution >= 4 is 5.96 Å². The van der Waals surface area contributed by atoms with Crippen molar-refractivity contribution in [2.75, 3.05) is 34.3 Å². The number of ether oxygens (including phenoxy) is 1. The Labute approximate surface area is 161 Å². The summed E-state index contributed by atoms with van der Waals surface area (Å²) in [5.74, 6) is 0.516. The fourth-order valence-corrected chi connectivity index (χ4v) is 2.61. The van der Waals surface area contributed by atoms with Gasteiger partial charge in [-0.05, 0) is 37.4 Å². The second-order valence-corrected chi connectivity index (χ2v) is 6.55. The van der Waals surface area contributed by atoms with E-state index in [-0.39, 0.29) is 5.82 Å². The monoisotopic (exact) mass is 372 g/mol. The number of benzene rings is 2. The average molecular weight is 372 g/mol. The Morgan fingerprint density at radius 3 is 2.56 bits per heavy atom. The number of hydrogen-bond donors (Lipinski definition) is 2. The zero-order chi connectivity index (χ0) is 19.5. The highest BCUT2D eigenvalue weighted by atomic mass is 19.1. The van der Waals surface area contributed by atoms with Crippen molar-refractivity contribution in [3.05, 3.63) is 71.0 Å². The summed E-state index contributed by atoms with van der Waals surface area (Å²) in [7, 11) is 5.58. The summed E-state index contributed by atoms with van der Waals surface area (Å²) in [6.45, 7) is 2.98. The number of guanidine groups is 1. The van der Waals surface area contributed by atoms with E-state index in [2.05, 4.69) is 15.6 Å². The molecule has 0 aromatic heterocycles. The summed E-state index contributed by atoms with van der Waals surface area (Å²) in [4.78, 5) is 6.15. The van der Waals surface area contributed by atoms with Crippen molar-refractivity contribution in [1.82, 2.24) is 15.5 Å². The molecule has 0 aliphatic carbocycles. The Kier molecular flexibility index (Phi) is 8.74.